The molecule has 11 nitrogen and oxygen atoms in total. The molecule has 0 unspecified atom stereocenters. The number of hydrogen-bond acceptors (Lipinski definition) is 11. The molecule has 4 saturated heterocycles. The van der Waals surface area contributed by atoms with Crippen molar-refractivity contribution in [2.24, 2.45) is 5.41 Å². The molecule has 6 atom stereocenters. The molecule has 8 rings (SSSR count). The zero-order valence-corrected chi connectivity index (χ0v) is 27.8. The molecule has 0 aromatic rings. The molecule has 0 amide bonds. The van der Waals surface area contributed by atoms with Crippen molar-refractivity contribution in [3.63, 3.8) is 0 Å². The summed E-state index contributed by atoms with van der Waals surface area (Å²) in [5, 5.41) is 0. The van der Waals surface area contributed by atoms with Crippen LogP contribution in [0, 0.1) is 5.41 Å². The Kier molecular flexibility index (Phi) is 8.86. The molecule has 11 heteroatoms. The number of ether oxygens (including phenoxy) is 10. The fraction of sp³-hybridized carbons (Fsp3) is 0.971. The third-order valence-corrected chi connectivity index (χ3v) is 11.9. The molecule has 4 aliphatic heterocycles. The van der Waals surface area contributed by atoms with Crippen LogP contribution in [0.3, 0.4) is 0 Å². The van der Waals surface area contributed by atoms with Crippen molar-refractivity contribution in [1.82, 2.24) is 0 Å². The Morgan fingerprint density at radius 1 is 0.543 bits per heavy atom. The number of rotatable bonds is 6. The lowest BCUT2D eigenvalue weighted by atomic mass is 9.84. The summed E-state index contributed by atoms with van der Waals surface area (Å²) >= 11 is 0. The van der Waals surface area contributed by atoms with Crippen LogP contribution in [0.4, 0.5) is 0 Å². The summed E-state index contributed by atoms with van der Waals surface area (Å²) in [5.41, 5.74) is -0.257. The van der Waals surface area contributed by atoms with E-state index in [4.69, 9.17) is 47.4 Å². The fourth-order valence-corrected chi connectivity index (χ4v) is 9.13. The Morgan fingerprint density at radius 3 is 1.37 bits per heavy atom. The molecule has 0 bridgehead atoms. The highest BCUT2D eigenvalue weighted by molar-refractivity contribution is 5.79. The number of hydrogen-bond donors (Lipinski definition) is 0. The van der Waals surface area contributed by atoms with Gasteiger partial charge in [0.05, 0.1) is 31.8 Å². The van der Waals surface area contributed by atoms with Crippen molar-refractivity contribution in [3.8, 4) is 0 Å². The molecular formula is C35H54O11. The van der Waals surface area contributed by atoms with E-state index < -0.39 is 23.1 Å². The molecule has 8 fully saturated rings. The summed E-state index contributed by atoms with van der Waals surface area (Å²) in [7, 11) is 0. The van der Waals surface area contributed by atoms with Gasteiger partial charge in [-0.15, -0.1) is 0 Å². The van der Waals surface area contributed by atoms with Crippen molar-refractivity contribution >= 4 is 5.78 Å². The quantitative estimate of drug-likeness (QED) is 0.399. The van der Waals surface area contributed by atoms with Crippen LogP contribution in [0.1, 0.15) is 110 Å². The first kappa shape index (κ1) is 32.5. The summed E-state index contributed by atoms with van der Waals surface area (Å²) in [6.45, 7) is 7.74. The maximum absolute atomic E-state index is 12.1. The highest BCUT2D eigenvalue weighted by atomic mass is 16.8. The van der Waals surface area contributed by atoms with Crippen LogP contribution in [0.2, 0.25) is 0 Å². The first-order chi connectivity index (χ1) is 22.3. The summed E-state index contributed by atoms with van der Waals surface area (Å²) < 4.78 is 66.3. The molecule has 0 N–H and O–H groups in total. The van der Waals surface area contributed by atoms with Gasteiger partial charge in [0, 0.05) is 77.4 Å². The van der Waals surface area contributed by atoms with Crippen molar-refractivity contribution < 1.29 is 52.2 Å². The van der Waals surface area contributed by atoms with Gasteiger partial charge in [-0.3, -0.25) is 4.79 Å². The van der Waals surface area contributed by atoms with E-state index in [1.54, 1.807) is 0 Å². The van der Waals surface area contributed by atoms with Gasteiger partial charge in [-0.2, -0.15) is 0 Å². The van der Waals surface area contributed by atoms with Gasteiger partial charge in [0.25, 0.3) is 0 Å². The van der Waals surface area contributed by atoms with Gasteiger partial charge in [0.2, 0.25) is 0 Å². The maximum atomic E-state index is 12.1. The van der Waals surface area contributed by atoms with Crippen molar-refractivity contribution in [2.45, 2.75) is 170 Å². The van der Waals surface area contributed by atoms with Crippen LogP contribution in [0.15, 0.2) is 0 Å². The number of ketones is 1. The molecule has 0 radical (unpaired) electrons. The predicted octanol–water partition coefficient (Wildman–Crippen LogP) is 4.70. The SMILES string of the molecule is CCCO[C@@H]1[C@H]2OC3(CCC(=O)CC3)O[C@H]2[C@@H](OCCC)[C@@H]2OC3(CCC4(CC3)OCC3(COC5(CCCCC5)OC3)CO4)O[C@H]12. The third-order valence-electron chi connectivity index (χ3n) is 11.9. The lowest BCUT2D eigenvalue weighted by Gasteiger charge is -2.53. The highest BCUT2D eigenvalue weighted by Crippen LogP contribution is 2.54. The second kappa shape index (κ2) is 12.5. The minimum Gasteiger partial charge on any atom is -0.373 e. The molecule has 0 aromatic heterocycles. The highest BCUT2D eigenvalue weighted by Gasteiger charge is 2.68. The second-order valence-corrected chi connectivity index (χ2v) is 15.4. The number of fused-ring (bicyclic) bond motifs is 2. The average Bonchev–Trinajstić information content (AvgIpc) is 3.64. The predicted molar refractivity (Wildman–Crippen MR) is 162 cm³/mol. The molecule has 46 heavy (non-hydrogen) atoms. The van der Waals surface area contributed by atoms with Crippen LogP contribution in [-0.2, 0) is 52.2 Å². The van der Waals surface area contributed by atoms with Gasteiger partial charge >= 0.3 is 0 Å². The van der Waals surface area contributed by atoms with Crippen LogP contribution in [-0.4, -0.2) is 105 Å². The summed E-state index contributed by atoms with van der Waals surface area (Å²) in [6.07, 6.45) is 9.87. The molecule has 5 spiro atoms. The Bertz CT molecular complexity index is 1030. The lowest BCUT2D eigenvalue weighted by molar-refractivity contribution is -0.384. The van der Waals surface area contributed by atoms with E-state index in [1.165, 1.54) is 6.42 Å². The van der Waals surface area contributed by atoms with Crippen LogP contribution in [0.5, 0.6) is 0 Å². The second-order valence-electron chi connectivity index (χ2n) is 15.4. The van der Waals surface area contributed by atoms with E-state index in [9.17, 15) is 4.79 Å². The van der Waals surface area contributed by atoms with Crippen molar-refractivity contribution in [2.75, 3.05) is 39.6 Å². The molecule has 0 aromatic carbocycles. The topological polar surface area (TPSA) is 109 Å². The maximum Gasteiger partial charge on any atom is 0.170 e. The van der Waals surface area contributed by atoms with E-state index in [2.05, 4.69) is 13.8 Å². The summed E-state index contributed by atoms with van der Waals surface area (Å²) in [4.78, 5) is 12.1. The number of carbonyl (C=O) groups is 1. The smallest absolute Gasteiger partial charge is 0.170 e. The largest absolute Gasteiger partial charge is 0.373 e. The Hall–Kier alpha value is -0.730. The Labute approximate surface area is 272 Å². The number of carbonyl (C=O) groups excluding carboxylic acids is 1. The van der Waals surface area contributed by atoms with Gasteiger partial charge in [-0.05, 0) is 25.7 Å². The molecule has 260 valence electrons. The van der Waals surface area contributed by atoms with E-state index >= 15 is 0 Å². The zero-order valence-electron chi connectivity index (χ0n) is 27.8. The zero-order chi connectivity index (χ0) is 31.5. The minimum absolute atomic E-state index is 0.257. The van der Waals surface area contributed by atoms with E-state index in [1.807, 2.05) is 0 Å². The average molecular weight is 651 g/mol. The molecule has 4 saturated carbocycles. The third kappa shape index (κ3) is 5.82. The summed E-state index contributed by atoms with van der Waals surface area (Å²) in [6, 6.07) is 0. The first-order valence-electron chi connectivity index (χ1n) is 18.3. The first-order valence-corrected chi connectivity index (χ1v) is 18.3. The van der Waals surface area contributed by atoms with Gasteiger partial charge in [-0.25, -0.2) is 0 Å². The van der Waals surface area contributed by atoms with Crippen LogP contribution < -0.4 is 0 Å². The Morgan fingerprint density at radius 2 is 0.935 bits per heavy atom. The van der Waals surface area contributed by atoms with Crippen molar-refractivity contribution in [1.29, 1.82) is 0 Å². The molecule has 8 aliphatic rings. The molecular weight excluding hydrogens is 596 g/mol. The van der Waals surface area contributed by atoms with E-state index in [0.29, 0.717) is 91.0 Å². The van der Waals surface area contributed by atoms with Gasteiger partial charge in [-0.1, -0.05) is 20.3 Å². The number of Topliss-reactive ketones (excluding diaryl/α,β-unsaturated/α-hetero) is 1. The summed E-state index contributed by atoms with van der Waals surface area (Å²) in [5.74, 6) is -2.34. The standard InChI is InChI=1S/C35H54O11/c1-3-18-37-25-27-28(44-34(43-27)12-8-24(36)9-13-34)26(38-19-4-2)30-29(25)45-35(46-30)16-14-33(15-17-35)41-22-31(23-42-33)20-39-32(40-21-31)10-6-5-7-11-32/h25-30H,3-23H2,1-2H3/t25-,26-,27-,28+,29-,30+/m1/s1. The normalized spacial score (nSPS) is 40.1. The molecule has 4 heterocycles. The Balaban J connectivity index is 0.941. The van der Waals surface area contributed by atoms with E-state index in [0.717, 1.165) is 38.5 Å². The lowest BCUT2D eigenvalue weighted by Crippen LogP contribution is -2.63. The van der Waals surface area contributed by atoms with Gasteiger partial charge < -0.3 is 47.4 Å². The van der Waals surface area contributed by atoms with Crippen molar-refractivity contribution in [3.05, 3.63) is 0 Å². The van der Waals surface area contributed by atoms with Crippen LogP contribution >= 0.6 is 0 Å². The fourth-order valence-electron chi connectivity index (χ4n) is 9.13. The van der Waals surface area contributed by atoms with Gasteiger partial charge in [0.15, 0.2) is 23.1 Å². The molecule has 4 aliphatic carbocycles. The minimum atomic E-state index is -0.781. The van der Waals surface area contributed by atoms with Crippen LogP contribution in [0.25, 0.3) is 0 Å². The van der Waals surface area contributed by atoms with E-state index in [-0.39, 0.29) is 47.8 Å². The monoisotopic (exact) mass is 650 g/mol. The van der Waals surface area contributed by atoms with Gasteiger partial charge in [0.1, 0.15) is 42.4 Å².